The summed E-state index contributed by atoms with van der Waals surface area (Å²) < 4.78 is 0. The van der Waals surface area contributed by atoms with Crippen molar-refractivity contribution in [2.24, 2.45) is 11.8 Å². The molecule has 0 aromatic rings. The lowest BCUT2D eigenvalue weighted by molar-refractivity contribution is -0.126. The van der Waals surface area contributed by atoms with Gasteiger partial charge in [-0.05, 0) is 51.6 Å². The molecule has 2 saturated heterocycles. The van der Waals surface area contributed by atoms with Gasteiger partial charge in [-0.15, -0.1) is 0 Å². The maximum Gasteiger partial charge on any atom is 0.137 e. The summed E-state index contributed by atoms with van der Waals surface area (Å²) in [5.74, 6) is 1.66. The number of fused-ring (bicyclic) bond motifs is 2. The van der Waals surface area contributed by atoms with E-state index in [2.05, 4.69) is 23.8 Å². The Bertz CT molecular complexity index is 357. The number of carbonyl (C=O) groups excluding carboxylic acids is 1. The Kier molecular flexibility index (Phi) is 4.46. The van der Waals surface area contributed by atoms with Gasteiger partial charge in [0.15, 0.2) is 0 Å². The van der Waals surface area contributed by atoms with Crippen LogP contribution in [0.2, 0.25) is 0 Å². The molecule has 1 aliphatic carbocycles. The van der Waals surface area contributed by atoms with Gasteiger partial charge in [0.05, 0.1) is 0 Å². The van der Waals surface area contributed by atoms with Gasteiger partial charge in [0.1, 0.15) is 5.78 Å². The van der Waals surface area contributed by atoms with Crippen LogP contribution in [-0.4, -0.2) is 54.3 Å². The minimum absolute atomic E-state index is 0.329. The van der Waals surface area contributed by atoms with Crippen LogP contribution in [0.4, 0.5) is 0 Å². The summed E-state index contributed by atoms with van der Waals surface area (Å²) in [6.45, 7) is 5.70. The highest BCUT2D eigenvalue weighted by Gasteiger charge is 2.36. The van der Waals surface area contributed by atoms with Crippen molar-refractivity contribution in [2.75, 3.05) is 26.7 Å². The zero-order valence-electron chi connectivity index (χ0n) is 13.2. The summed E-state index contributed by atoms with van der Waals surface area (Å²) in [5, 5.41) is 0. The van der Waals surface area contributed by atoms with E-state index in [0.29, 0.717) is 11.7 Å². The number of rotatable bonds is 3. The highest BCUT2D eigenvalue weighted by Crippen LogP contribution is 2.32. The summed E-state index contributed by atoms with van der Waals surface area (Å²) in [7, 11) is 2.30. The quantitative estimate of drug-likeness (QED) is 0.792. The van der Waals surface area contributed by atoms with Gasteiger partial charge < -0.3 is 4.90 Å². The molecule has 20 heavy (non-hydrogen) atoms. The monoisotopic (exact) mass is 278 g/mol. The van der Waals surface area contributed by atoms with Crippen LogP contribution in [0, 0.1) is 11.8 Å². The summed E-state index contributed by atoms with van der Waals surface area (Å²) >= 11 is 0. The molecule has 4 unspecified atom stereocenters. The van der Waals surface area contributed by atoms with Crippen molar-refractivity contribution in [2.45, 2.75) is 64.0 Å². The standard InChI is InChI=1S/C17H30N2O/c1-3-13-4-7-17(20)14(10-13)11-19-9-8-15-5-6-16(12-19)18(15)2/h13-16H,3-12H2,1-2H3. The molecular formula is C17H30N2O. The van der Waals surface area contributed by atoms with Crippen molar-refractivity contribution in [3.05, 3.63) is 0 Å². The van der Waals surface area contributed by atoms with E-state index >= 15 is 0 Å². The number of likely N-dealkylation sites (tertiary alicyclic amines) is 1. The fourth-order valence-electron chi connectivity index (χ4n) is 4.61. The molecule has 3 nitrogen and oxygen atoms in total. The molecule has 3 aliphatic rings. The Labute approximate surface area is 123 Å². The molecule has 3 heteroatoms. The highest BCUT2D eigenvalue weighted by atomic mass is 16.1. The van der Waals surface area contributed by atoms with Gasteiger partial charge >= 0.3 is 0 Å². The van der Waals surface area contributed by atoms with Crippen molar-refractivity contribution >= 4 is 5.78 Å². The van der Waals surface area contributed by atoms with Gasteiger partial charge in [0, 0.05) is 37.5 Å². The van der Waals surface area contributed by atoms with E-state index in [1.165, 1.54) is 38.8 Å². The average Bonchev–Trinajstić information content (AvgIpc) is 2.69. The largest absolute Gasteiger partial charge is 0.301 e. The van der Waals surface area contributed by atoms with Gasteiger partial charge in [-0.3, -0.25) is 9.69 Å². The third-order valence-corrected chi connectivity index (χ3v) is 6.16. The summed E-state index contributed by atoms with van der Waals surface area (Å²) in [4.78, 5) is 17.4. The van der Waals surface area contributed by atoms with E-state index < -0.39 is 0 Å². The molecule has 2 aliphatic heterocycles. The summed E-state index contributed by atoms with van der Waals surface area (Å²) in [6.07, 6.45) is 8.41. The minimum atomic E-state index is 0.329. The Morgan fingerprint density at radius 1 is 1.15 bits per heavy atom. The van der Waals surface area contributed by atoms with E-state index in [9.17, 15) is 4.79 Å². The topological polar surface area (TPSA) is 23.6 Å². The SMILES string of the molecule is CCC1CCC(=O)C(CN2CCC3CCC(C2)N3C)C1. The van der Waals surface area contributed by atoms with Gasteiger partial charge in [0.25, 0.3) is 0 Å². The van der Waals surface area contributed by atoms with Gasteiger partial charge in [0.2, 0.25) is 0 Å². The Balaban J connectivity index is 1.58. The van der Waals surface area contributed by atoms with Crippen molar-refractivity contribution in [1.29, 1.82) is 0 Å². The van der Waals surface area contributed by atoms with Gasteiger partial charge in [-0.2, -0.15) is 0 Å². The van der Waals surface area contributed by atoms with E-state index in [1.807, 2.05) is 0 Å². The lowest BCUT2D eigenvalue weighted by Gasteiger charge is -2.33. The number of Topliss-reactive ketones (excluding diaryl/α,β-unsaturated/α-hetero) is 1. The number of likely N-dealkylation sites (N-methyl/N-ethyl adjacent to an activating group) is 1. The molecule has 2 heterocycles. The Morgan fingerprint density at radius 3 is 2.75 bits per heavy atom. The molecule has 0 spiro atoms. The summed E-state index contributed by atoms with van der Waals surface area (Å²) in [5.41, 5.74) is 0. The summed E-state index contributed by atoms with van der Waals surface area (Å²) in [6, 6.07) is 1.54. The van der Waals surface area contributed by atoms with Crippen LogP contribution in [0.5, 0.6) is 0 Å². The molecule has 4 atom stereocenters. The number of hydrogen-bond donors (Lipinski definition) is 0. The van der Waals surface area contributed by atoms with Crippen LogP contribution in [0.25, 0.3) is 0 Å². The van der Waals surface area contributed by atoms with E-state index in [0.717, 1.165) is 43.8 Å². The first-order valence-corrected chi connectivity index (χ1v) is 8.64. The lowest BCUT2D eigenvalue weighted by atomic mass is 9.79. The van der Waals surface area contributed by atoms with Gasteiger partial charge in [-0.25, -0.2) is 0 Å². The number of carbonyl (C=O) groups is 1. The lowest BCUT2D eigenvalue weighted by Crippen LogP contribution is -2.41. The first-order valence-electron chi connectivity index (χ1n) is 8.64. The molecule has 3 rings (SSSR count). The maximum absolute atomic E-state index is 12.2. The van der Waals surface area contributed by atoms with Crippen molar-refractivity contribution in [3.63, 3.8) is 0 Å². The Morgan fingerprint density at radius 2 is 1.95 bits per heavy atom. The highest BCUT2D eigenvalue weighted by molar-refractivity contribution is 5.81. The number of hydrogen-bond acceptors (Lipinski definition) is 3. The van der Waals surface area contributed by atoms with Crippen LogP contribution in [0.1, 0.15) is 51.9 Å². The second kappa shape index (κ2) is 6.15. The zero-order chi connectivity index (χ0) is 14.1. The molecule has 3 fully saturated rings. The molecule has 0 radical (unpaired) electrons. The molecule has 0 N–H and O–H groups in total. The van der Waals surface area contributed by atoms with Crippen LogP contribution in [0.15, 0.2) is 0 Å². The smallest absolute Gasteiger partial charge is 0.137 e. The second-order valence-corrected chi connectivity index (χ2v) is 7.31. The first-order chi connectivity index (χ1) is 9.67. The molecule has 0 aromatic carbocycles. The van der Waals surface area contributed by atoms with E-state index in [-0.39, 0.29) is 0 Å². The molecule has 0 aromatic heterocycles. The predicted molar refractivity (Wildman–Crippen MR) is 81.8 cm³/mol. The van der Waals surface area contributed by atoms with Crippen LogP contribution < -0.4 is 0 Å². The van der Waals surface area contributed by atoms with Crippen molar-refractivity contribution in [3.8, 4) is 0 Å². The minimum Gasteiger partial charge on any atom is -0.301 e. The second-order valence-electron chi connectivity index (χ2n) is 7.31. The number of ketones is 1. The zero-order valence-corrected chi connectivity index (χ0v) is 13.2. The van der Waals surface area contributed by atoms with Crippen LogP contribution >= 0.6 is 0 Å². The van der Waals surface area contributed by atoms with Gasteiger partial charge in [-0.1, -0.05) is 13.3 Å². The fraction of sp³-hybridized carbons (Fsp3) is 0.941. The van der Waals surface area contributed by atoms with E-state index in [4.69, 9.17) is 0 Å². The molecule has 2 bridgehead atoms. The average molecular weight is 278 g/mol. The molecule has 114 valence electrons. The van der Waals surface area contributed by atoms with Crippen molar-refractivity contribution < 1.29 is 4.79 Å². The molecule has 1 saturated carbocycles. The molecular weight excluding hydrogens is 248 g/mol. The third-order valence-electron chi connectivity index (χ3n) is 6.16. The molecule has 0 amide bonds. The van der Waals surface area contributed by atoms with Crippen LogP contribution in [-0.2, 0) is 4.79 Å². The predicted octanol–water partition coefficient (Wildman–Crippen LogP) is 2.55. The van der Waals surface area contributed by atoms with Crippen molar-refractivity contribution in [1.82, 2.24) is 9.80 Å². The first kappa shape index (κ1) is 14.5. The number of nitrogens with zero attached hydrogens (tertiary/aromatic N) is 2. The normalized spacial score (nSPS) is 40.0. The van der Waals surface area contributed by atoms with E-state index in [1.54, 1.807) is 0 Å². The maximum atomic E-state index is 12.2. The third kappa shape index (κ3) is 2.94. The Hall–Kier alpha value is -0.410. The fourth-order valence-corrected chi connectivity index (χ4v) is 4.61. The van der Waals surface area contributed by atoms with Crippen LogP contribution in [0.3, 0.4) is 0 Å².